The molecule has 0 saturated carbocycles. The van der Waals surface area contributed by atoms with Crippen molar-refractivity contribution in [1.29, 1.82) is 0 Å². The molecule has 1 N–H and O–H groups in total. The van der Waals surface area contributed by atoms with Crippen molar-refractivity contribution in [2.24, 2.45) is 0 Å². The monoisotopic (exact) mass is 391 g/mol. The quantitative estimate of drug-likeness (QED) is 0.515. The van der Waals surface area contributed by atoms with E-state index in [1.165, 1.54) is 0 Å². The highest BCUT2D eigenvalue weighted by molar-refractivity contribution is 6.74. The number of nitrogens with zero attached hydrogens (tertiary/aromatic N) is 1. The van der Waals surface area contributed by atoms with E-state index in [9.17, 15) is 5.11 Å². The minimum Gasteiger partial charge on any atom is -0.544 e. The first-order valence-electron chi connectivity index (χ1n) is 9.66. The van der Waals surface area contributed by atoms with Crippen LogP contribution in [0.3, 0.4) is 0 Å². The van der Waals surface area contributed by atoms with Crippen LogP contribution in [0.25, 0.3) is 0 Å². The molecule has 0 aliphatic heterocycles. The fourth-order valence-corrected chi connectivity index (χ4v) is 3.96. The molecule has 0 bridgehead atoms. The largest absolute Gasteiger partial charge is 0.544 e. The van der Waals surface area contributed by atoms with Gasteiger partial charge in [0.1, 0.15) is 11.5 Å². The van der Waals surface area contributed by atoms with Crippen LogP contribution in [0.5, 0.6) is 11.5 Å². The molecule has 0 aliphatic carbocycles. The van der Waals surface area contributed by atoms with Crippen molar-refractivity contribution < 1.29 is 9.53 Å². The Bertz CT molecular complexity index is 898. The summed E-state index contributed by atoms with van der Waals surface area (Å²) in [5.41, 5.74) is 3.22. The van der Waals surface area contributed by atoms with Crippen molar-refractivity contribution in [2.75, 3.05) is 0 Å². The molecule has 1 aromatic heterocycles. The highest BCUT2D eigenvalue weighted by Gasteiger charge is 2.38. The molecule has 28 heavy (non-hydrogen) atoms. The molecule has 0 radical (unpaired) electrons. The molecule has 4 heteroatoms. The molecule has 0 aliphatic rings. The van der Waals surface area contributed by atoms with Crippen LogP contribution in [0.15, 0.2) is 72.9 Å². The van der Waals surface area contributed by atoms with E-state index in [1.807, 2.05) is 36.5 Å². The molecular formula is C24H29NO2Si. The van der Waals surface area contributed by atoms with Crippen molar-refractivity contribution in [2.45, 2.75) is 44.8 Å². The van der Waals surface area contributed by atoms with E-state index in [2.05, 4.69) is 63.1 Å². The minimum absolute atomic E-state index is 0.00345. The summed E-state index contributed by atoms with van der Waals surface area (Å²) in [5.74, 6) is 1.19. The van der Waals surface area contributed by atoms with Gasteiger partial charge in [0.05, 0.1) is 11.6 Å². The number of aromatic hydroxyl groups is 1. The van der Waals surface area contributed by atoms with Gasteiger partial charge in [0.25, 0.3) is 0 Å². The van der Waals surface area contributed by atoms with Gasteiger partial charge < -0.3 is 9.53 Å². The maximum absolute atomic E-state index is 9.66. The third-order valence-electron chi connectivity index (χ3n) is 5.60. The fourth-order valence-electron chi connectivity index (χ4n) is 2.92. The van der Waals surface area contributed by atoms with Gasteiger partial charge in [0.15, 0.2) is 0 Å². The Kier molecular flexibility index (Phi) is 5.61. The molecule has 1 heterocycles. The molecule has 0 fully saturated rings. The number of pyridine rings is 1. The zero-order valence-corrected chi connectivity index (χ0v) is 18.3. The highest BCUT2D eigenvalue weighted by Crippen LogP contribution is 2.38. The van der Waals surface area contributed by atoms with E-state index in [0.717, 1.165) is 22.6 Å². The van der Waals surface area contributed by atoms with Crippen LogP contribution in [-0.4, -0.2) is 18.4 Å². The van der Waals surface area contributed by atoms with E-state index in [4.69, 9.17) is 4.43 Å². The topological polar surface area (TPSA) is 42.4 Å². The van der Waals surface area contributed by atoms with Crippen molar-refractivity contribution in [3.05, 3.63) is 89.7 Å². The molecule has 1 unspecified atom stereocenters. The Balaban J connectivity index is 1.94. The summed E-state index contributed by atoms with van der Waals surface area (Å²) in [6.45, 7) is 11.3. The van der Waals surface area contributed by atoms with Gasteiger partial charge in [-0.25, -0.2) is 0 Å². The third-order valence-corrected chi connectivity index (χ3v) is 9.96. The maximum Gasteiger partial charge on any atom is 0.250 e. The molecule has 0 saturated heterocycles. The fraction of sp³-hybridized carbons (Fsp3) is 0.292. The predicted octanol–water partition coefficient (Wildman–Crippen LogP) is 6.35. The van der Waals surface area contributed by atoms with Gasteiger partial charge in [0.2, 0.25) is 8.32 Å². The second-order valence-corrected chi connectivity index (χ2v) is 13.4. The number of phenols is 1. The van der Waals surface area contributed by atoms with E-state index in [-0.39, 0.29) is 16.7 Å². The lowest BCUT2D eigenvalue weighted by Gasteiger charge is -2.36. The lowest BCUT2D eigenvalue weighted by atomic mass is 9.88. The molecular weight excluding hydrogens is 362 g/mol. The van der Waals surface area contributed by atoms with Crippen LogP contribution in [0, 0.1) is 0 Å². The predicted molar refractivity (Wildman–Crippen MR) is 118 cm³/mol. The Hall–Kier alpha value is -2.59. The average molecular weight is 392 g/mol. The van der Waals surface area contributed by atoms with E-state index >= 15 is 0 Å². The number of rotatable bonds is 5. The Morgan fingerprint density at radius 2 is 1.43 bits per heavy atom. The summed E-state index contributed by atoms with van der Waals surface area (Å²) in [4.78, 5) is 4.58. The van der Waals surface area contributed by atoms with Crippen molar-refractivity contribution >= 4 is 8.32 Å². The van der Waals surface area contributed by atoms with Gasteiger partial charge in [-0.2, -0.15) is 0 Å². The Morgan fingerprint density at radius 1 is 0.857 bits per heavy atom. The lowest BCUT2D eigenvalue weighted by Crippen LogP contribution is -2.43. The molecule has 3 rings (SSSR count). The van der Waals surface area contributed by atoms with E-state index in [1.54, 1.807) is 12.1 Å². The van der Waals surface area contributed by atoms with Gasteiger partial charge in [-0.1, -0.05) is 51.1 Å². The first-order chi connectivity index (χ1) is 13.2. The molecule has 0 amide bonds. The summed E-state index contributed by atoms with van der Waals surface area (Å²) in [7, 11) is -1.86. The van der Waals surface area contributed by atoms with Gasteiger partial charge in [0, 0.05) is 6.20 Å². The summed E-state index contributed by atoms with van der Waals surface area (Å²) in [6, 6.07) is 21.7. The first-order valence-corrected chi connectivity index (χ1v) is 12.6. The van der Waals surface area contributed by atoms with Crippen LogP contribution in [0.1, 0.15) is 43.5 Å². The van der Waals surface area contributed by atoms with E-state index < -0.39 is 8.32 Å². The number of benzene rings is 2. The number of phenolic OH excluding ortho intramolecular Hbond substituents is 1. The second-order valence-electron chi connectivity index (χ2n) is 8.71. The van der Waals surface area contributed by atoms with Crippen LogP contribution in [0.4, 0.5) is 0 Å². The summed E-state index contributed by atoms with van der Waals surface area (Å²) in [6.07, 6.45) is 1.82. The number of aromatic nitrogens is 1. The second kappa shape index (κ2) is 7.80. The summed E-state index contributed by atoms with van der Waals surface area (Å²) in [5, 5.41) is 9.82. The molecule has 146 valence electrons. The van der Waals surface area contributed by atoms with Crippen LogP contribution in [0.2, 0.25) is 18.1 Å². The van der Waals surface area contributed by atoms with Crippen LogP contribution in [-0.2, 0) is 0 Å². The first kappa shape index (κ1) is 20.1. The smallest absolute Gasteiger partial charge is 0.250 e. The highest BCUT2D eigenvalue weighted by atomic mass is 28.4. The molecule has 0 spiro atoms. The standard InChI is InChI=1S/C24H29NO2Si/c1-24(2,3)28(4,5)27-21-15-11-19(12-16-21)23(22-8-6-7-17-25-22)18-9-13-20(26)14-10-18/h6-17,23,26H,1-5H3. The third kappa shape index (κ3) is 4.45. The number of hydrogen-bond acceptors (Lipinski definition) is 3. The summed E-state index contributed by atoms with van der Waals surface area (Å²) >= 11 is 0. The Morgan fingerprint density at radius 3 is 1.93 bits per heavy atom. The molecule has 3 aromatic rings. The van der Waals surface area contributed by atoms with Crippen molar-refractivity contribution in [3.63, 3.8) is 0 Å². The zero-order valence-electron chi connectivity index (χ0n) is 17.3. The van der Waals surface area contributed by atoms with Crippen LogP contribution >= 0.6 is 0 Å². The van der Waals surface area contributed by atoms with Crippen molar-refractivity contribution in [3.8, 4) is 11.5 Å². The van der Waals surface area contributed by atoms with Gasteiger partial charge in [-0.05, 0) is 65.7 Å². The molecule has 3 nitrogen and oxygen atoms in total. The average Bonchev–Trinajstić information content (AvgIpc) is 2.65. The summed E-state index contributed by atoms with van der Waals surface area (Å²) < 4.78 is 6.42. The van der Waals surface area contributed by atoms with Gasteiger partial charge in [-0.3, -0.25) is 4.98 Å². The zero-order chi connectivity index (χ0) is 20.4. The van der Waals surface area contributed by atoms with Gasteiger partial charge in [-0.15, -0.1) is 0 Å². The van der Waals surface area contributed by atoms with Gasteiger partial charge >= 0.3 is 0 Å². The SMILES string of the molecule is CC(C)(C)[Si](C)(C)Oc1ccc(C(c2ccc(O)cc2)c2ccccn2)cc1. The lowest BCUT2D eigenvalue weighted by molar-refractivity contribution is 0.475. The maximum atomic E-state index is 9.66. The van der Waals surface area contributed by atoms with E-state index in [0.29, 0.717) is 0 Å². The number of hydrogen-bond donors (Lipinski definition) is 1. The van der Waals surface area contributed by atoms with Crippen molar-refractivity contribution in [1.82, 2.24) is 4.98 Å². The normalized spacial score (nSPS) is 13.2. The minimum atomic E-state index is -1.86. The molecule has 2 aromatic carbocycles. The van der Waals surface area contributed by atoms with Crippen LogP contribution < -0.4 is 4.43 Å². The molecule has 1 atom stereocenters. The Labute approximate surface area is 169 Å².